The molecule has 1 unspecified atom stereocenters. The molecule has 0 aromatic rings. The summed E-state index contributed by atoms with van der Waals surface area (Å²) >= 11 is 0. The third-order valence-corrected chi connectivity index (χ3v) is 3.25. The van der Waals surface area contributed by atoms with Crippen LogP contribution in [0, 0.1) is 5.41 Å². The molecule has 0 radical (unpaired) electrons. The molecule has 64 valence electrons. The van der Waals surface area contributed by atoms with Gasteiger partial charge in [-0.05, 0) is 25.9 Å². The van der Waals surface area contributed by atoms with E-state index in [1.807, 2.05) is 0 Å². The van der Waals surface area contributed by atoms with Gasteiger partial charge >= 0.3 is 0 Å². The number of aliphatic hydroxyl groups is 1. The normalized spacial score (nSPS) is 49.6. The fourth-order valence-corrected chi connectivity index (χ4v) is 2.17. The summed E-state index contributed by atoms with van der Waals surface area (Å²) in [7, 11) is 0. The largest absolute Gasteiger partial charge is 0.396 e. The van der Waals surface area contributed by atoms with Gasteiger partial charge in [0.15, 0.2) is 0 Å². The van der Waals surface area contributed by atoms with Crippen molar-refractivity contribution in [3.05, 3.63) is 0 Å². The molecule has 3 saturated heterocycles. The molecule has 0 aromatic heterocycles. The Morgan fingerprint density at radius 3 is 2.45 bits per heavy atom. The van der Waals surface area contributed by atoms with Crippen LogP contribution in [0.3, 0.4) is 0 Å². The van der Waals surface area contributed by atoms with Gasteiger partial charge in [-0.25, -0.2) is 4.39 Å². The molecule has 1 atom stereocenters. The number of nitrogens with zero attached hydrogens (tertiary/aromatic N) is 1. The number of hydrogen-bond acceptors (Lipinski definition) is 2. The zero-order chi connectivity index (χ0) is 7.90. The predicted molar refractivity (Wildman–Crippen MR) is 40.1 cm³/mol. The molecule has 0 spiro atoms. The van der Waals surface area contributed by atoms with Crippen molar-refractivity contribution in [1.82, 2.24) is 4.90 Å². The Balaban J connectivity index is 2.16. The average Bonchev–Trinajstić information content (AvgIpc) is 2.07. The number of rotatable bonds is 1. The van der Waals surface area contributed by atoms with Gasteiger partial charge in [-0.3, -0.25) is 0 Å². The second kappa shape index (κ2) is 2.42. The van der Waals surface area contributed by atoms with E-state index in [0.717, 1.165) is 25.9 Å². The Labute approximate surface area is 66.0 Å². The Kier molecular flexibility index (Phi) is 1.65. The highest BCUT2D eigenvalue weighted by Gasteiger charge is 2.46. The van der Waals surface area contributed by atoms with Gasteiger partial charge < -0.3 is 10.0 Å². The van der Waals surface area contributed by atoms with Gasteiger partial charge in [0.05, 0.1) is 6.61 Å². The first kappa shape index (κ1) is 7.50. The van der Waals surface area contributed by atoms with E-state index in [0.29, 0.717) is 6.54 Å². The second-order valence-corrected chi connectivity index (χ2v) is 3.79. The van der Waals surface area contributed by atoms with Gasteiger partial charge in [-0.2, -0.15) is 0 Å². The smallest absolute Gasteiger partial charge is 0.121 e. The van der Waals surface area contributed by atoms with Gasteiger partial charge in [0.2, 0.25) is 0 Å². The van der Waals surface area contributed by atoms with Gasteiger partial charge in [0, 0.05) is 12.0 Å². The SMILES string of the molecule is OCC12CCN(CC1)CC2F. The monoisotopic (exact) mass is 159 g/mol. The Morgan fingerprint density at radius 1 is 1.45 bits per heavy atom. The van der Waals surface area contributed by atoms with Gasteiger partial charge in [0.25, 0.3) is 0 Å². The van der Waals surface area contributed by atoms with Crippen LogP contribution in [0.1, 0.15) is 12.8 Å². The van der Waals surface area contributed by atoms with Crippen LogP contribution in [-0.4, -0.2) is 42.4 Å². The van der Waals surface area contributed by atoms with Crippen LogP contribution in [0.15, 0.2) is 0 Å². The Bertz CT molecular complexity index is 154. The van der Waals surface area contributed by atoms with Crippen LogP contribution in [-0.2, 0) is 0 Å². The maximum Gasteiger partial charge on any atom is 0.121 e. The minimum atomic E-state index is -0.796. The van der Waals surface area contributed by atoms with Crippen LogP contribution < -0.4 is 0 Å². The summed E-state index contributed by atoms with van der Waals surface area (Å²) in [6.45, 7) is 2.52. The van der Waals surface area contributed by atoms with Crippen LogP contribution >= 0.6 is 0 Å². The molecule has 11 heavy (non-hydrogen) atoms. The Hall–Kier alpha value is -0.150. The average molecular weight is 159 g/mol. The molecular weight excluding hydrogens is 145 g/mol. The van der Waals surface area contributed by atoms with Crippen LogP contribution in [0.25, 0.3) is 0 Å². The van der Waals surface area contributed by atoms with Crippen molar-refractivity contribution in [2.45, 2.75) is 19.0 Å². The van der Waals surface area contributed by atoms with Gasteiger partial charge in [0.1, 0.15) is 6.17 Å². The van der Waals surface area contributed by atoms with Crippen LogP contribution in [0.4, 0.5) is 4.39 Å². The molecule has 0 amide bonds. The first-order chi connectivity index (χ1) is 5.27. The summed E-state index contributed by atoms with van der Waals surface area (Å²) in [6.07, 6.45) is 0.880. The lowest BCUT2D eigenvalue weighted by molar-refractivity contribution is -0.0803. The standard InChI is InChI=1S/C8H14FNO/c9-7-5-10-3-1-8(7,6-11)2-4-10/h7,11H,1-6H2. The van der Waals surface area contributed by atoms with Crippen molar-refractivity contribution in [2.75, 3.05) is 26.2 Å². The number of hydrogen-bond donors (Lipinski definition) is 1. The van der Waals surface area contributed by atoms with Crippen molar-refractivity contribution in [3.8, 4) is 0 Å². The maximum atomic E-state index is 13.3. The lowest BCUT2D eigenvalue weighted by Gasteiger charge is -2.49. The summed E-state index contributed by atoms with van der Waals surface area (Å²) in [4.78, 5) is 2.14. The fourth-order valence-electron chi connectivity index (χ4n) is 2.17. The first-order valence-electron chi connectivity index (χ1n) is 4.24. The fraction of sp³-hybridized carbons (Fsp3) is 1.00. The summed E-state index contributed by atoms with van der Waals surface area (Å²) in [5.41, 5.74) is -0.366. The number of fused-ring (bicyclic) bond motifs is 3. The molecule has 2 nitrogen and oxygen atoms in total. The first-order valence-corrected chi connectivity index (χ1v) is 4.24. The predicted octanol–water partition coefficient (Wildman–Crippen LogP) is 0.413. The van der Waals surface area contributed by atoms with E-state index in [2.05, 4.69) is 4.90 Å². The third-order valence-electron chi connectivity index (χ3n) is 3.25. The summed E-state index contributed by atoms with van der Waals surface area (Å²) in [5.74, 6) is 0. The molecule has 3 aliphatic rings. The highest BCUT2D eigenvalue weighted by molar-refractivity contribution is 4.98. The molecule has 1 N–H and O–H groups in total. The molecular formula is C8H14FNO. The zero-order valence-corrected chi connectivity index (χ0v) is 6.59. The van der Waals surface area contributed by atoms with E-state index in [9.17, 15) is 4.39 Å². The van der Waals surface area contributed by atoms with Gasteiger partial charge in [-0.15, -0.1) is 0 Å². The van der Waals surface area contributed by atoms with Crippen molar-refractivity contribution in [3.63, 3.8) is 0 Å². The van der Waals surface area contributed by atoms with E-state index in [-0.39, 0.29) is 12.0 Å². The molecule has 3 heteroatoms. The molecule has 0 aromatic carbocycles. The maximum absolute atomic E-state index is 13.3. The zero-order valence-electron chi connectivity index (χ0n) is 6.59. The number of aliphatic hydroxyl groups excluding tert-OH is 1. The van der Waals surface area contributed by atoms with E-state index in [4.69, 9.17) is 5.11 Å². The summed E-state index contributed by atoms with van der Waals surface area (Å²) in [6, 6.07) is 0. The number of piperidine rings is 3. The highest BCUT2D eigenvalue weighted by atomic mass is 19.1. The molecule has 0 aliphatic carbocycles. The molecule has 3 heterocycles. The van der Waals surface area contributed by atoms with Crippen molar-refractivity contribution in [2.24, 2.45) is 5.41 Å². The second-order valence-electron chi connectivity index (χ2n) is 3.79. The lowest BCUT2D eigenvalue weighted by atomic mass is 9.71. The number of halogens is 1. The van der Waals surface area contributed by atoms with Gasteiger partial charge in [-0.1, -0.05) is 0 Å². The molecule has 3 fully saturated rings. The van der Waals surface area contributed by atoms with E-state index < -0.39 is 6.17 Å². The minimum absolute atomic E-state index is 0.0298. The van der Waals surface area contributed by atoms with Crippen LogP contribution in [0.2, 0.25) is 0 Å². The number of alkyl halides is 1. The topological polar surface area (TPSA) is 23.5 Å². The lowest BCUT2D eigenvalue weighted by Crippen LogP contribution is -2.57. The minimum Gasteiger partial charge on any atom is -0.396 e. The van der Waals surface area contributed by atoms with Crippen molar-refractivity contribution < 1.29 is 9.50 Å². The third kappa shape index (κ3) is 0.983. The molecule has 0 saturated carbocycles. The van der Waals surface area contributed by atoms with Crippen molar-refractivity contribution >= 4 is 0 Å². The molecule has 3 aliphatic heterocycles. The quantitative estimate of drug-likeness (QED) is 0.599. The van der Waals surface area contributed by atoms with E-state index >= 15 is 0 Å². The Morgan fingerprint density at radius 2 is 2.09 bits per heavy atom. The van der Waals surface area contributed by atoms with Crippen molar-refractivity contribution in [1.29, 1.82) is 0 Å². The summed E-state index contributed by atoms with van der Waals surface area (Å²) < 4.78 is 13.3. The summed E-state index contributed by atoms with van der Waals surface area (Å²) in [5, 5.41) is 9.08. The highest BCUT2D eigenvalue weighted by Crippen LogP contribution is 2.41. The van der Waals surface area contributed by atoms with Crippen LogP contribution in [0.5, 0.6) is 0 Å². The molecule has 2 bridgehead atoms. The van der Waals surface area contributed by atoms with E-state index in [1.165, 1.54) is 0 Å². The van der Waals surface area contributed by atoms with E-state index in [1.54, 1.807) is 0 Å². The molecule has 3 rings (SSSR count).